The molecule has 0 N–H and O–H groups in total. The van der Waals surface area contributed by atoms with E-state index >= 15 is 0 Å². The molecule has 0 radical (unpaired) electrons. The Bertz CT molecular complexity index is 1010. The smallest absolute Gasteiger partial charge is 0.302 e. The SMILES string of the molecule is CC(=O)O[C@@H]1CC[C@@]2(C)[C@@H](CC[C@@]3(C)CC4=CC[C@H]5C(C)(C)[C@H](OC(C)=O)CC[C@]5(C)[C@H]4CC[C@@H]32)C1(C)C. The third-order valence-electron chi connectivity index (χ3n) is 13.4. The molecule has 4 saturated carbocycles. The van der Waals surface area contributed by atoms with Crippen molar-refractivity contribution in [2.24, 2.45) is 50.7 Å². The molecule has 0 aromatic heterocycles. The fourth-order valence-electron chi connectivity index (χ4n) is 11.7. The van der Waals surface area contributed by atoms with Gasteiger partial charge >= 0.3 is 11.9 Å². The average Bonchev–Trinajstić information content (AvgIpc) is 2.94. The molecule has 0 aromatic carbocycles. The monoisotopic (exact) mass is 526 g/mol. The molecule has 4 nitrogen and oxygen atoms in total. The van der Waals surface area contributed by atoms with Crippen LogP contribution in [0.1, 0.15) is 127 Å². The van der Waals surface area contributed by atoms with E-state index in [4.69, 9.17) is 9.47 Å². The Kier molecular flexibility index (Phi) is 6.76. The van der Waals surface area contributed by atoms with E-state index in [0.717, 1.165) is 25.7 Å². The van der Waals surface area contributed by atoms with Crippen molar-refractivity contribution in [2.45, 2.75) is 139 Å². The number of hydrogen-bond acceptors (Lipinski definition) is 4. The first-order valence-electron chi connectivity index (χ1n) is 15.6. The Hall–Kier alpha value is -1.32. The maximum Gasteiger partial charge on any atom is 0.302 e. The van der Waals surface area contributed by atoms with Crippen molar-refractivity contribution in [3.63, 3.8) is 0 Å². The van der Waals surface area contributed by atoms with E-state index in [-0.39, 0.29) is 45.8 Å². The molecule has 0 aliphatic heterocycles. The molecule has 0 aromatic rings. The Morgan fingerprint density at radius 3 is 1.82 bits per heavy atom. The van der Waals surface area contributed by atoms with Crippen LogP contribution in [-0.2, 0) is 19.1 Å². The van der Waals surface area contributed by atoms with Crippen LogP contribution >= 0.6 is 0 Å². The second kappa shape index (κ2) is 9.10. The van der Waals surface area contributed by atoms with E-state index in [2.05, 4.69) is 54.5 Å². The predicted octanol–water partition coefficient (Wildman–Crippen LogP) is 8.28. The Labute approximate surface area is 232 Å². The molecule has 5 rings (SSSR count). The molecule has 5 aliphatic rings. The highest BCUT2D eigenvalue weighted by molar-refractivity contribution is 5.66. The summed E-state index contributed by atoms with van der Waals surface area (Å²) in [4.78, 5) is 23.8. The summed E-state index contributed by atoms with van der Waals surface area (Å²) in [7, 11) is 0. The number of rotatable bonds is 2. The summed E-state index contributed by atoms with van der Waals surface area (Å²) in [5, 5.41) is 0. The molecule has 214 valence electrons. The zero-order chi connectivity index (χ0) is 27.9. The van der Waals surface area contributed by atoms with Crippen LogP contribution in [0.4, 0.5) is 0 Å². The van der Waals surface area contributed by atoms with Gasteiger partial charge in [0.05, 0.1) is 0 Å². The van der Waals surface area contributed by atoms with Gasteiger partial charge in [0.25, 0.3) is 0 Å². The van der Waals surface area contributed by atoms with E-state index in [1.54, 1.807) is 19.4 Å². The second-order valence-corrected chi connectivity index (χ2v) is 16.1. The summed E-state index contributed by atoms with van der Waals surface area (Å²) in [6.45, 7) is 20.4. The zero-order valence-corrected chi connectivity index (χ0v) is 25.7. The standard InChI is InChI=1S/C34H54O4/c1-21(35)37-28-15-18-33(8)24-11-13-27-32(7,20-23(24)10-12-25(33)30(28,3)4)17-14-26-31(5,6)29(38-22(2)36)16-19-34(26,27)9/h10,24-29H,11-20H2,1-9H3/t24-,25-,26-,27-,28+,29+,32-,33+,34-/m0/s1. The normalized spacial score (nSPS) is 47.1. The predicted molar refractivity (Wildman–Crippen MR) is 151 cm³/mol. The van der Waals surface area contributed by atoms with Gasteiger partial charge in [-0.15, -0.1) is 0 Å². The molecule has 4 fully saturated rings. The van der Waals surface area contributed by atoms with Crippen LogP contribution in [0, 0.1) is 50.7 Å². The maximum absolute atomic E-state index is 11.9. The maximum atomic E-state index is 11.9. The lowest BCUT2D eigenvalue weighted by molar-refractivity contribution is -0.192. The quantitative estimate of drug-likeness (QED) is 0.268. The van der Waals surface area contributed by atoms with Gasteiger partial charge in [0.2, 0.25) is 0 Å². The number of carbonyl (C=O) groups is 2. The first kappa shape index (κ1) is 28.2. The van der Waals surface area contributed by atoms with E-state index in [9.17, 15) is 9.59 Å². The van der Waals surface area contributed by atoms with E-state index < -0.39 is 0 Å². The third kappa shape index (κ3) is 4.12. The summed E-state index contributed by atoms with van der Waals surface area (Å²) in [6.07, 6.45) is 14.4. The summed E-state index contributed by atoms with van der Waals surface area (Å²) >= 11 is 0. The number of esters is 2. The van der Waals surface area contributed by atoms with Gasteiger partial charge in [0, 0.05) is 24.7 Å². The van der Waals surface area contributed by atoms with Gasteiger partial charge in [0.15, 0.2) is 0 Å². The highest BCUT2D eigenvalue weighted by Crippen LogP contribution is 2.70. The molecule has 0 spiro atoms. The lowest BCUT2D eigenvalue weighted by Gasteiger charge is -2.64. The largest absolute Gasteiger partial charge is 0.462 e. The molecule has 0 amide bonds. The molecule has 0 bridgehead atoms. The first-order valence-corrected chi connectivity index (χ1v) is 15.6. The van der Waals surface area contributed by atoms with Gasteiger partial charge in [-0.2, -0.15) is 0 Å². The fraction of sp³-hybridized carbons (Fsp3) is 0.882. The van der Waals surface area contributed by atoms with Crippen molar-refractivity contribution >= 4 is 11.9 Å². The zero-order valence-electron chi connectivity index (χ0n) is 25.7. The number of hydrogen-bond donors (Lipinski definition) is 0. The van der Waals surface area contributed by atoms with Gasteiger partial charge in [-0.05, 0) is 104 Å². The highest BCUT2D eigenvalue weighted by atomic mass is 16.5. The third-order valence-corrected chi connectivity index (χ3v) is 13.4. The molecule has 9 atom stereocenters. The van der Waals surface area contributed by atoms with E-state index in [1.807, 2.05) is 0 Å². The first-order chi connectivity index (χ1) is 17.6. The Morgan fingerprint density at radius 2 is 1.24 bits per heavy atom. The lowest BCUT2D eigenvalue weighted by atomic mass is 9.42. The average molecular weight is 527 g/mol. The van der Waals surface area contributed by atoms with Crippen molar-refractivity contribution in [1.29, 1.82) is 0 Å². The van der Waals surface area contributed by atoms with E-state index in [1.165, 1.54) is 38.5 Å². The Balaban J connectivity index is 1.44. The molecule has 0 saturated heterocycles. The minimum Gasteiger partial charge on any atom is -0.462 e. The minimum atomic E-state index is -0.140. The lowest BCUT2D eigenvalue weighted by Crippen LogP contribution is -2.59. The number of fused-ring (bicyclic) bond motifs is 6. The molecule has 5 aliphatic carbocycles. The van der Waals surface area contributed by atoms with Crippen molar-refractivity contribution < 1.29 is 19.1 Å². The summed E-state index contributed by atoms with van der Waals surface area (Å²) < 4.78 is 11.8. The number of ether oxygens (including phenoxy) is 2. The number of carbonyl (C=O) groups excluding carboxylic acids is 2. The fourth-order valence-corrected chi connectivity index (χ4v) is 11.7. The minimum absolute atomic E-state index is 0.00846. The van der Waals surface area contributed by atoms with E-state index in [0.29, 0.717) is 29.1 Å². The van der Waals surface area contributed by atoms with Gasteiger partial charge in [0.1, 0.15) is 12.2 Å². The van der Waals surface area contributed by atoms with Gasteiger partial charge in [-0.3, -0.25) is 9.59 Å². The highest BCUT2D eigenvalue weighted by Gasteiger charge is 2.63. The molecule has 38 heavy (non-hydrogen) atoms. The molecule has 0 unspecified atom stereocenters. The van der Waals surface area contributed by atoms with Crippen LogP contribution in [0.25, 0.3) is 0 Å². The van der Waals surface area contributed by atoms with Crippen molar-refractivity contribution in [2.75, 3.05) is 0 Å². The summed E-state index contributed by atoms with van der Waals surface area (Å²) in [5.74, 6) is 2.18. The topological polar surface area (TPSA) is 52.6 Å². The summed E-state index contributed by atoms with van der Waals surface area (Å²) in [6, 6.07) is 0. The van der Waals surface area contributed by atoms with Crippen LogP contribution in [0.5, 0.6) is 0 Å². The van der Waals surface area contributed by atoms with Gasteiger partial charge < -0.3 is 9.47 Å². The van der Waals surface area contributed by atoms with Crippen LogP contribution in [-0.4, -0.2) is 24.1 Å². The second-order valence-electron chi connectivity index (χ2n) is 16.1. The molecule has 0 heterocycles. The molecular formula is C34H54O4. The number of allylic oxidation sites excluding steroid dienone is 2. The van der Waals surface area contributed by atoms with Crippen molar-refractivity contribution in [1.82, 2.24) is 0 Å². The summed E-state index contributed by atoms with van der Waals surface area (Å²) in [5.41, 5.74) is 2.62. The van der Waals surface area contributed by atoms with Crippen molar-refractivity contribution in [3.8, 4) is 0 Å². The molecule has 4 heteroatoms. The van der Waals surface area contributed by atoms with Crippen molar-refractivity contribution in [3.05, 3.63) is 11.6 Å². The van der Waals surface area contributed by atoms with Gasteiger partial charge in [-0.25, -0.2) is 0 Å². The van der Waals surface area contributed by atoms with Crippen LogP contribution in [0.3, 0.4) is 0 Å². The van der Waals surface area contributed by atoms with Gasteiger partial charge in [-0.1, -0.05) is 60.1 Å². The van der Waals surface area contributed by atoms with Crippen LogP contribution in [0.2, 0.25) is 0 Å². The Morgan fingerprint density at radius 1 is 0.684 bits per heavy atom. The van der Waals surface area contributed by atoms with Crippen LogP contribution in [0.15, 0.2) is 11.6 Å². The molecular weight excluding hydrogens is 472 g/mol. The van der Waals surface area contributed by atoms with Crippen LogP contribution < -0.4 is 0 Å².